The first-order valence-corrected chi connectivity index (χ1v) is 9.75. The molecule has 1 aromatic rings. The summed E-state index contributed by atoms with van der Waals surface area (Å²) in [6.07, 6.45) is 1.42. The molecule has 1 aliphatic rings. The standard InChI is InChI=1S/C22H32N2O4/c1-14(2)28-20(27)16-10-8-15(9-11-16)17(12-13-21(3,4)5)24-19(26)18(25)23-22(24,6)7/h8-11,14,17H,12-13H2,1-7H3,(H,23,25)/t17-/m1/s1. The summed E-state index contributed by atoms with van der Waals surface area (Å²) in [6, 6.07) is 6.88. The molecule has 0 radical (unpaired) electrons. The van der Waals surface area contributed by atoms with Crippen LogP contribution >= 0.6 is 0 Å². The van der Waals surface area contributed by atoms with E-state index in [9.17, 15) is 14.7 Å². The number of carbonyl (C=O) groups is 2. The van der Waals surface area contributed by atoms with Crippen LogP contribution < -0.4 is 0 Å². The van der Waals surface area contributed by atoms with Crippen molar-refractivity contribution < 1.29 is 19.4 Å². The molecule has 1 atom stereocenters. The Bertz CT molecular complexity index is 758. The van der Waals surface area contributed by atoms with Crippen molar-refractivity contribution in [2.24, 2.45) is 10.4 Å². The second-order valence-corrected chi connectivity index (χ2v) is 9.30. The summed E-state index contributed by atoms with van der Waals surface area (Å²) >= 11 is 0. The van der Waals surface area contributed by atoms with E-state index in [1.165, 1.54) is 0 Å². The summed E-state index contributed by atoms with van der Waals surface area (Å²) in [5.41, 5.74) is 0.628. The van der Waals surface area contributed by atoms with Gasteiger partial charge < -0.3 is 14.7 Å². The van der Waals surface area contributed by atoms with Crippen LogP contribution in [0.15, 0.2) is 29.3 Å². The summed E-state index contributed by atoms with van der Waals surface area (Å²) in [6.45, 7) is 13.7. The molecule has 0 saturated heterocycles. The number of hydrogen-bond donors (Lipinski definition) is 1. The number of carbonyl (C=O) groups excluding carboxylic acids is 2. The van der Waals surface area contributed by atoms with Crippen LogP contribution in [0, 0.1) is 5.41 Å². The third-order valence-corrected chi connectivity index (χ3v) is 4.73. The number of rotatable bonds is 6. The molecule has 0 aliphatic carbocycles. The quantitative estimate of drug-likeness (QED) is 0.719. The molecule has 1 aliphatic heterocycles. The van der Waals surface area contributed by atoms with Crippen molar-refractivity contribution in [3.05, 3.63) is 35.4 Å². The third-order valence-electron chi connectivity index (χ3n) is 4.73. The molecule has 1 amide bonds. The van der Waals surface area contributed by atoms with E-state index >= 15 is 0 Å². The zero-order valence-corrected chi connectivity index (χ0v) is 17.9. The summed E-state index contributed by atoms with van der Waals surface area (Å²) in [4.78, 5) is 30.5. The predicted octanol–water partition coefficient (Wildman–Crippen LogP) is 4.65. The smallest absolute Gasteiger partial charge is 0.338 e. The Morgan fingerprint density at radius 2 is 1.79 bits per heavy atom. The van der Waals surface area contributed by atoms with Crippen LogP contribution in [0.25, 0.3) is 0 Å². The van der Waals surface area contributed by atoms with Crippen molar-refractivity contribution >= 4 is 17.8 Å². The number of nitrogens with zero attached hydrogens (tertiary/aromatic N) is 2. The van der Waals surface area contributed by atoms with Crippen LogP contribution in [0.5, 0.6) is 0 Å². The highest BCUT2D eigenvalue weighted by molar-refractivity contribution is 6.36. The van der Waals surface area contributed by atoms with Crippen LogP contribution in [0.1, 0.15) is 83.3 Å². The summed E-state index contributed by atoms with van der Waals surface area (Å²) in [5.74, 6) is -1.29. The lowest BCUT2D eigenvalue weighted by atomic mass is 9.86. The number of aliphatic imine (C=N–C) groups is 1. The fraction of sp³-hybridized carbons (Fsp3) is 0.591. The van der Waals surface area contributed by atoms with Gasteiger partial charge in [-0.3, -0.25) is 4.79 Å². The molecule has 1 heterocycles. The molecular formula is C22H32N2O4. The van der Waals surface area contributed by atoms with E-state index in [4.69, 9.17) is 4.74 Å². The SMILES string of the molecule is CC(C)OC(=O)c1ccc([C@@H](CCC(C)(C)C)N2C(=O)C(O)=NC2(C)C)cc1. The van der Waals surface area contributed by atoms with E-state index in [0.717, 1.165) is 18.4 Å². The van der Waals surface area contributed by atoms with Gasteiger partial charge in [0.1, 0.15) is 5.66 Å². The number of aliphatic hydroxyl groups excluding tert-OH is 1. The molecule has 0 saturated carbocycles. The van der Waals surface area contributed by atoms with Gasteiger partial charge in [0.15, 0.2) is 0 Å². The Labute approximate surface area is 167 Å². The predicted molar refractivity (Wildman–Crippen MR) is 109 cm³/mol. The number of esters is 1. The number of hydrogen-bond acceptors (Lipinski definition) is 4. The van der Waals surface area contributed by atoms with Crippen molar-refractivity contribution in [1.82, 2.24) is 4.90 Å². The molecule has 2 rings (SSSR count). The van der Waals surface area contributed by atoms with E-state index in [1.54, 1.807) is 17.0 Å². The number of aliphatic hydroxyl groups is 1. The molecule has 28 heavy (non-hydrogen) atoms. The Morgan fingerprint density at radius 1 is 1.21 bits per heavy atom. The van der Waals surface area contributed by atoms with Gasteiger partial charge in [0.05, 0.1) is 17.7 Å². The highest BCUT2D eigenvalue weighted by Gasteiger charge is 2.44. The second kappa shape index (κ2) is 7.94. The van der Waals surface area contributed by atoms with Crippen molar-refractivity contribution in [3.8, 4) is 0 Å². The first kappa shape index (κ1) is 21.9. The van der Waals surface area contributed by atoms with Gasteiger partial charge >= 0.3 is 11.9 Å². The van der Waals surface area contributed by atoms with E-state index < -0.39 is 17.5 Å². The maximum atomic E-state index is 12.6. The van der Waals surface area contributed by atoms with Crippen LogP contribution in [-0.4, -0.2) is 39.5 Å². The molecule has 6 nitrogen and oxygen atoms in total. The van der Waals surface area contributed by atoms with Crippen LogP contribution in [-0.2, 0) is 9.53 Å². The van der Waals surface area contributed by atoms with Gasteiger partial charge in [-0.2, -0.15) is 0 Å². The van der Waals surface area contributed by atoms with Crippen LogP contribution in [0.4, 0.5) is 0 Å². The van der Waals surface area contributed by atoms with Crippen molar-refractivity contribution in [2.75, 3.05) is 0 Å². The average Bonchev–Trinajstić information content (AvgIpc) is 2.75. The maximum absolute atomic E-state index is 12.6. The highest BCUT2D eigenvalue weighted by atomic mass is 16.5. The fourth-order valence-corrected chi connectivity index (χ4v) is 3.38. The molecule has 1 N–H and O–H groups in total. The third kappa shape index (κ3) is 5.12. The maximum Gasteiger partial charge on any atom is 0.338 e. The van der Waals surface area contributed by atoms with E-state index in [-0.39, 0.29) is 23.5 Å². The van der Waals surface area contributed by atoms with E-state index in [0.29, 0.717) is 5.56 Å². The number of benzene rings is 1. The Morgan fingerprint density at radius 3 is 2.21 bits per heavy atom. The molecule has 0 fully saturated rings. The van der Waals surface area contributed by atoms with Gasteiger partial charge in [0.25, 0.3) is 5.90 Å². The number of ether oxygens (including phenoxy) is 1. The Hall–Kier alpha value is -2.37. The first-order valence-electron chi connectivity index (χ1n) is 9.75. The second-order valence-electron chi connectivity index (χ2n) is 9.30. The molecule has 0 spiro atoms. The Kier molecular flexibility index (Phi) is 6.21. The lowest BCUT2D eigenvalue weighted by molar-refractivity contribution is -0.131. The molecule has 0 unspecified atom stereocenters. The normalized spacial score (nSPS) is 17.6. The van der Waals surface area contributed by atoms with Crippen molar-refractivity contribution in [2.45, 2.75) is 79.1 Å². The monoisotopic (exact) mass is 388 g/mol. The molecule has 154 valence electrons. The Balaban J connectivity index is 2.35. The van der Waals surface area contributed by atoms with Gasteiger partial charge in [-0.25, -0.2) is 9.79 Å². The molecular weight excluding hydrogens is 356 g/mol. The summed E-state index contributed by atoms with van der Waals surface area (Å²) in [5, 5.41) is 9.93. The zero-order valence-electron chi connectivity index (χ0n) is 17.9. The lowest BCUT2D eigenvalue weighted by Crippen LogP contribution is -2.45. The first-order chi connectivity index (χ1) is 12.8. The lowest BCUT2D eigenvalue weighted by Gasteiger charge is -2.38. The molecule has 6 heteroatoms. The average molecular weight is 389 g/mol. The van der Waals surface area contributed by atoms with Gasteiger partial charge in [-0.15, -0.1) is 0 Å². The fourth-order valence-electron chi connectivity index (χ4n) is 3.38. The minimum absolute atomic E-state index is 0.0923. The van der Waals surface area contributed by atoms with Crippen LogP contribution in [0.2, 0.25) is 0 Å². The minimum atomic E-state index is -0.834. The topological polar surface area (TPSA) is 79.2 Å². The van der Waals surface area contributed by atoms with Gasteiger partial charge in [0.2, 0.25) is 0 Å². The summed E-state index contributed by atoms with van der Waals surface area (Å²) in [7, 11) is 0. The zero-order chi connectivity index (χ0) is 21.3. The summed E-state index contributed by atoms with van der Waals surface area (Å²) < 4.78 is 5.24. The minimum Gasteiger partial charge on any atom is -0.490 e. The van der Waals surface area contributed by atoms with Crippen molar-refractivity contribution in [1.29, 1.82) is 0 Å². The highest BCUT2D eigenvalue weighted by Crippen LogP contribution is 2.38. The molecule has 0 bridgehead atoms. The number of amides is 1. The largest absolute Gasteiger partial charge is 0.490 e. The van der Waals surface area contributed by atoms with E-state index in [2.05, 4.69) is 25.8 Å². The van der Waals surface area contributed by atoms with Gasteiger partial charge in [0, 0.05) is 0 Å². The van der Waals surface area contributed by atoms with Gasteiger partial charge in [-0.1, -0.05) is 32.9 Å². The van der Waals surface area contributed by atoms with Crippen molar-refractivity contribution in [3.63, 3.8) is 0 Å². The van der Waals surface area contributed by atoms with Gasteiger partial charge in [-0.05, 0) is 63.6 Å². The molecule has 0 aromatic heterocycles. The molecule has 1 aromatic carbocycles. The van der Waals surface area contributed by atoms with Crippen LogP contribution in [0.3, 0.4) is 0 Å². The van der Waals surface area contributed by atoms with E-state index in [1.807, 2.05) is 39.8 Å².